The summed E-state index contributed by atoms with van der Waals surface area (Å²) in [5.74, 6) is 1.38. The summed E-state index contributed by atoms with van der Waals surface area (Å²) >= 11 is 0. The van der Waals surface area contributed by atoms with Gasteiger partial charge in [0.15, 0.2) is 0 Å². The highest BCUT2D eigenvalue weighted by Gasteiger charge is 2.29. The molecule has 0 radical (unpaired) electrons. The van der Waals surface area contributed by atoms with Gasteiger partial charge in [-0.1, -0.05) is 19.1 Å². The van der Waals surface area contributed by atoms with Crippen molar-refractivity contribution in [3.8, 4) is 0 Å². The van der Waals surface area contributed by atoms with E-state index < -0.39 is 0 Å². The highest BCUT2D eigenvalue weighted by Crippen LogP contribution is 2.19. The number of hydrogen-bond donors (Lipinski definition) is 1. The third kappa shape index (κ3) is 4.53. The maximum Gasteiger partial charge on any atom is 0.225 e. The third-order valence-electron chi connectivity index (χ3n) is 4.20. The number of rotatable bonds is 6. The van der Waals surface area contributed by atoms with Crippen molar-refractivity contribution in [3.05, 3.63) is 53.2 Å². The number of amides is 1. The van der Waals surface area contributed by atoms with Gasteiger partial charge in [0.05, 0.1) is 6.04 Å². The Kier molecular flexibility index (Phi) is 5.26. The zero-order valence-corrected chi connectivity index (χ0v) is 14.6. The summed E-state index contributed by atoms with van der Waals surface area (Å²) < 4.78 is 13.3. The van der Waals surface area contributed by atoms with E-state index in [2.05, 4.69) is 22.2 Å². The van der Waals surface area contributed by atoms with E-state index in [-0.39, 0.29) is 17.8 Å². The van der Waals surface area contributed by atoms with E-state index >= 15 is 0 Å². The fourth-order valence-electron chi connectivity index (χ4n) is 3.13. The number of aryl methyl sites for hydroxylation is 2. The Morgan fingerprint density at radius 3 is 2.92 bits per heavy atom. The molecule has 2 aromatic rings. The molecule has 5 nitrogen and oxygen atoms in total. The number of nitrogens with one attached hydrogen (secondary N) is 1. The molecule has 3 rings (SSSR count). The van der Waals surface area contributed by atoms with Crippen LogP contribution in [0.15, 0.2) is 30.3 Å². The smallest absolute Gasteiger partial charge is 0.225 e. The van der Waals surface area contributed by atoms with Gasteiger partial charge < -0.3 is 10.2 Å². The number of anilines is 1. The first-order valence-electron chi connectivity index (χ1n) is 8.67. The van der Waals surface area contributed by atoms with Crippen molar-refractivity contribution in [2.45, 2.75) is 45.7 Å². The minimum atomic E-state index is -0.279. The summed E-state index contributed by atoms with van der Waals surface area (Å²) in [5, 5.41) is 3.35. The molecule has 1 aromatic carbocycles. The number of carbonyl (C=O) groups is 1. The summed E-state index contributed by atoms with van der Waals surface area (Å²) in [6.45, 7) is 5.06. The van der Waals surface area contributed by atoms with Crippen LogP contribution in [0.25, 0.3) is 0 Å². The van der Waals surface area contributed by atoms with Crippen LogP contribution in [0.5, 0.6) is 0 Å². The highest BCUT2D eigenvalue weighted by molar-refractivity contribution is 5.80. The molecule has 1 aliphatic heterocycles. The van der Waals surface area contributed by atoms with Gasteiger partial charge in [-0.25, -0.2) is 14.4 Å². The predicted molar refractivity (Wildman–Crippen MR) is 94.6 cm³/mol. The van der Waals surface area contributed by atoms with Gasteiger partial charge in [0.25, 0.3) is 0 Å². The molecular weight excluding hydrogens is 319 g/mol. The maximum absolute atomic E-state index is 13.3. The van der Waals surface area contributed by atoms with Crippen molar-refractivity contribution in [3.63, 3.8) is 0 Å². The van der Waals surface area contributed by atoms with Crippen LogP contribution in [0.4, 0.5) is 10.2 Å². The monoisotopic (exact) mass is 342 g/mol. The topological polar surface area (TPSA) is 58.1 Å². The lowest BCUT2D eigenvalue weighted by Gasteiger charge is -2.18. The summed E-state index contributed by atoms with van der Waals surface area (Å²) in [5.41, 5.74) is 1.72. The van der Waals surface area contributed by atoms with Crippen LogP contribution in [-0.2, 0) is 17.8 Å². The quantitative estimate of drug-likeness (QED) is 0.876. The number of aromatic nitrogens is 2. The van der Waals surface area contributed by atoms with Gasteiger partial charge in [0.2, 0.25) is 5.91 Å². The molecule has 1 amide bonds. The molecule has 1 aromatic heterocycles. The molecule has 0 aliphatic carbocycles. The van der Waals surface area contributed by atoms with E-state index in [9.17, 15) is 9.18 Å². The molecule has 1 N–H and O–H groups in total. The zero-order chi connectivity index (χ0) is 17.8. The Bertz CT molecular complexity index is 765. The maximum atomic E-state index is 13.3. The lowest BCUT2D eigenvalue weighted by molar-refractivity contribution is -0.128. The first-order valence-corrected chi connectivity index (χ1v) is 8.67. The molecule has 132 valence electrons. The Labute approximate surface area is 147 Å². The summed E-state index contributed by atoms with van der Waals surface area (Å²) in [6.07, 6.45) is 2.25. The fraction of sp³-hybridized carbons (Fsp3) is 0.421. The molecule has 2 heterocycles. The Balaban J connectivity index is 1.64. The lowest BCUT2D eigenvalue weighted by Crippen LogP contribution is -2.28. The van der Waals surface area contributed by atoms with Crippen LogP contribution >= 0.6 is 0 Å². The average molecular weight is 342 g/mol. The van der Waals surface area contributed by atoms with Crippen LogP contribution in [0.2, 0.25) is 0 Å². The lowest BCUT2D eigenvalue weighted by atomic mass is 10.2. The molecule has 6 heteroatoms. The second-order valence-electron chi connectivity index (χ2n) is 6.51. The molecule has 25 heavy (non-hydrogen) atoms. The van der Waals surface area contributed by atoms with E-state index in [1.165, 1.54) is 12.1 Å². The number of nitrogens with zero attached hydrogens (tertiary/aromatic N) is 3. The molecule has 0 spiro atoms. The van der Waals surface area contributed by atoms with Gasteiger partial charge in [0.1, 0.15) is 17.5 Å². The van der Waals surface area contributed by atoms with Crippen LogP contribution in [0.1, 0.15) is 36.8 Å². The normalized spacial score (nSPS) is 17.2. The molecule has 1 unspecified atom stereocenters. The summed E-state index contributed by atoms with van der Waals surface area (Å²) in [4.78, 5) is 23.0. The number of carbonyl (C=O) groups excluding carboxylic acids is 1. The van der Waals surface area contributed by atoms with E-state index in [1.54, 1.807) is 11.0 Å². The van der Waals surface area contributed by atoms with Gasteiger partial charge >= 0.3 is 0 Å². The first-order chi connectivity index (χ1) is 12.0. The Hall–Kier alpha value is -2.50. The van der Waals surface area contributed by atoms with Crippen molar-refractivity contribution in [2.24, 2.45) is 0 Å². The number of benzene rings is 1. The van der Waals surface area contributed by atoms with Gasteiger partial charge in [0, 0.05) is 37.7 Å². The van der Waals surface area contributed by atoms with Crippen LogP contribution in [0, 0.1) is 12.7 Å². The van der Waals surface area contributed by atoms with E-state index in [0.29, 0.717) is 19.5 Å². The van der Waals surface area contributed by atoms with Crippen molar-refractivity contribution in [1.29, 1.82) is 0 Å². The van der Waals surface area contributed by atoms with Gasteiger partial charge in [-0.15, -0.1) is 0 Å². The summed E-state index contributed by atoms with van der Waals surface area (Å²) in [7, 11) is 0. The largest absolute Gasteiger partial charge is 0.365 e. The Morgan fingerprint density at radius 2 is 2.16 bits per heavy atom. The molecule has 1 aliphatic rings. The van der Waals surface area contributed by atoms with E-state index in [4.69, 9.17) is 0 Å². The number of halogens is 1. The number of likely N-dealkylation sites (tertiary alicyclic amines) is 1. The van der Waals surface area contributed by atoms with Crippen LogP contribution < -0.4 is 5.32 Å². The number of hydrogen-bond acceptors (Lipinski definition) is 4. The SMILES string of the molecule is CCCc1nc(C)cc(NC2CC(=O)N(Cc3cccc(F)c3)C2)n1. The van der Waals surface area contributed by atoms with Gasteiger partial charge in [-0.3, -0.25) is 4.79 Å². The molecule has 0 bridgehead atoms. The van der Waals surface area contributed by atoms with Gasteiger partial charge in [-0.2, -0.15) is 0 Å². The second-order valence-corrected chi connectivity index (χ2v) is 6.51. The molecule has 1 fully saturated rings. The molecular formula is C19H23FN4O. The highest BCUT2D eigenvalue weighted by atomic mass is 19.1. The van der Waals surface area contributed by atoms with Crippen molar-refractivity contribution < 1.29 is 9.18 Å². The standard InChI is InChI=1S/C19H23FN4O/c1-3-5-17-21-13(2)8-18(23-17)22-16-10-19(25)24(12-16)11-14-6-4-7-15(20)9-14/h4,6-9,16H,3,5,10-12H2,1-2H3,(H,21,22,23). The molecule has 1 atom stereocenters. The van der Waals surface area contributed by atoms with Crippen molar-refractivity contribution in [1.82, 2.24) is 14.9 Å². The second kappa shape index (κ2) is 7.59. The fourth-order valence-corrected chi connectivity index (χ4v) is 3.13. The first kappa shape index (κ1) is 17.3. The minimum absolute atomic E-state index is 0.00448. The molecule has 1 saturated heterocycles. The Morgan fingerprint density at radius 1 is 1.32 bits per heavy atom. The minimum Gasteiger partial charge on any atom is -0.365 e. The van der Waals surface area contributed by atoms with Gasteiger partial charge in [-0.05, 0) is 31.0 Å². The third-order valence-corrected chi connectivity index (χ3v) is 4.20. The zero-order valence-electron chi connectivity index (χ0n) is 14.6. The molecule has 0 saturated carbocycles. The van der Waals surface area contributed by atoms with Crippen LogP contribution in [-0.4, -0.2) is 33.4 Å². The van der Waals surface area contributed by atoms with E-state index in [0.717, 1.165) is 35.7 Å². The average Bonchev–Trinajstić information content (AvgIpc) is 2.86. The van der Waals surface area contributed by atoms with Crippen molar-refractivity contribution in [2.75, 3.05) is 11.9 Å². The predicted octanol–water partition coefficient (Wildman–Crippen LogP) is 3.09. The van der Waals surface area contributed by atoms with E-state index in [1.807, 2.05) is 19.1 Å². The van der Waals surface area contributed by atoms with Crippen molar-refractivity contribution >= 4 is 11.7 Å². The van der Waals surface area contributed by atoms with Crippen LogP contribution in [0.3, 0.4) is 0 Å². The summed E-state index contributed by atoms with van der Waals surface area (Å²) in [6, 6.07) is 8.29.